The quantitative estimate of drug-likeness (QED) is 0.833. The average Bonchev–Trinajstić information content (AvgIpc) is 2.44. The van der Waals surface area contributed by atoms with E-state index < -0.39 is 6.10 Å². The van der Waals surface area contributed by atoms with Gasteiger partial charge in [-0.05, 0) is 45.4 Å². The number of hydrogen-bond donors (Lipinski definition) is 1. The molecule has 21 heavy (non-hydrogen) atoms. The summed E-state index contributed by atoms with van der Waals surface area (Å²) in [6.07, 6.45) is -0.624. The molecule has 0 aromatic heterocycles. The summed E-state index contributed by atoms with van der Waals surface area (Å²) in [5.41, 5.74) is 1.07. The molecule has 0 fully saturated rings. The van der Waals surface area contributed by atoms with Crippen LogP contribution >= 0.6 is 0 Å². The summed E-state index contributed by atoms with van der Waals surface area (Å²) in [4.78, 5) is 25.4. The Morgan fingerprint density at radius 2 is 2.05 bits per heavy atom. The molecule has 5 heteroatoms. The minimum absolute atomic E-state index is 0.0602. The minimum Gasteiger partial charge on any atom is -0.481 e. The summed E-state index contributed by atoms with van der Waals surface area (Å²) < 4.78 is 5.66. The van der Waals surface area contributed by atoms with E-state index >= 15 is 0 Å². The largest absolute Gasteiger partial charge is 0.481 e. The Morgan fingerprint density at radius 1 is 1.33 bits per heavy atom. The Balaban J connectivity index is 2.64. The van der Waals surface area contributed by atoms with Gasteiger partial charge in [-0.15, -0.1) is 0 Å². The van der Waals surface area contributed by atoms with E-state index in [4.69, 9.17) is 4.74 Å². The maximum atomic E-state index is 12.3. The molecule has 0 aliphatic rings. The first-order valence-corrected chi connectivity index (χ1v) is 7.26. The number of carbonyl (C=O) groups is 2. The number of amides is 2. The third kappa shape index (κ3) is 5.45. The molecule has 5 nitrogen and oxygen atoms in total. The topological polar surface area (TPSA) is 58.6 Å². The molecule has 0 spiro atoms. The fourth-order valence-electron chi connectivity index (χ4n) is 1.97. The summed E-state index contributed by atoms with van der Waals surface area (Å²) >= 11 is 0. The maximum Gasteiger partial charge on any atom is 0.263 e. The number of carbonyl (C=O) groups excluding carboxylic acids is 2. The zero-order chi connectivity index (χ0) is 15.8. The van der Waals surface area contributed by atoms with Crippen molar-refractivity contribution in [3.8, 4) is 5.75 Å². The maximum absolute atomic E-state index is 12.3. The van der Waals surface area contributed by atoms with Crippen molar-refractivity contribution in [3.63, 3.8) is 0 Å². The number of nitrogens with zero attached hydrogens (tertiary/aromatic N) is 1. The molecule has 2 amide bonds. The molecular formula is C16H24N2O3. The van der Waals surface area contributed by atoms with Gasteiger partial charge < -0.3 is 15.0 Å². The second-order valence-electron chi connectivity index (χ2n) is 4.88. The fourth-order valence-corrected chi connectivity index (χ4v) is 1.97. The number of hydrogen-bond acceptors (Lipinski definition) is 3. The zero-order valence-corrected chi connectivity index (χ0v) is 13.2. The molecule has 1 atom stereocenters. The van der Waals surface area contributed by atoms with Crippen molar-refractivity contribution in [2.45, 2.75) is 33.8 Å². The highest BCUT2D eigenvalue weighted by Crippen LogP contribution is 2.15. The van der Waals surface area contributed by atoms with Crippen LogP contribution in [0.15, 0.2) is 24.3 Å². The smallest absolute Gasteiger partial charge is 0.263 e. The van der Waals surface area contributed by atoms with Crippen LogP contribution in [0.2, 0.25) is 0 Å². The molecule has 0 saturated carbocycles. The Kier molecular flexibility index (Phi) is 6.72. The van der Waals surface area contributed by atoms with Crippen LogP contribution in [0.4, 0.5) is 0 Å². The second-order valence-corrected chi connectivity index (χ2v) is 4.88. The van der Waals surface area contributed by atoms with Crippen molar-refractivity contribution in [2.24, 2.45) is 0 Å². The van der Waals surface area contributed by atoms with Crippen molar-refractivity contribution in [1.29, 1.82) is 0 Å². The molecule has 1 rings (SSSR count). The van der Waals surface area contributed by atoms with Crippen molar-refractivity contribution < 1.29 is 14.3 Å². The van der Waals surface area contributed by atoms with E-state index in [1.54, 1.807) is 6.92 Å². The van der Waals surface area contributed by atoms with Crippen molar-refractivity contribution >= 4 is 11.8 Å². The molecule has 0 aliphatic carbocycles. The van der Waals surface area contributed by atoms with Crippen LogP contribution in [-0.4, -0.2) is 42.5 Å². The summed E-state index contributed by atoms with van der Waals surface area (Å²) in [6, 6.07) is 7.54. The van der Waals surface area contributed by atoms with Gasteiger partial charge in [0.15, 0.2) is 6.10 Å². The van der Waals surface area contributed by atoms with Gasteiger partial charge in [0.05, 0.1) is 6.54 Å². The van der Waals surface area contributed by atoms with Crippen molar-refractivity contribution in [1.82, 2.24) is 10.2 Å². The van der Waals surface area contributed by atoms with Gasteiger partial charge in [0.1, 0.15) is 5.75 Å². The van der Waals surface area contributed by atoms with Gasteiger partial charge in [-0.1, -0.05) is 12.1 Å². The molecular weight excluding hydrogens is 268 g/mol. The number of aryl methyl sites for hydroxylation is 1. The van der Waals surface area contributed by atoms with Gasteiger partial charge in [-0.3, -0.25) is 9.59 Å². The Morgan fingerprint density at radius 3 is 2.62 bits per heavy atom. The predicted molar refractivity (Wildman–Crippen MR) is 82.2 cm³/mol. The third-order valence-corrected chi connectivity index (χ3v) is 3.05. The van der Waals surface area contributed by atoms with E-state index in [0.29, 0.717) is 18.8 Å². The van der Waals surface area contributed by atoms with Crippen LogP contribution in [0.5, 0.6) is 5.75 Å². The first kappa shape index (κ1) is 17.0. The SMILES string of the molecule is CCNC(=O)CN(CC)C(=O)C(C)Oc1cccc(C)c1. The van der Waals surface area contributed by atoms with E-state index in [0.717, 1.165) is 5.56 Å². The second kappa shape index (κ2) is 8.29. The lowest BCUT2D eigenvalue weighted by molar-refractivity contribution is -0.141. The zero-order valence-electron chi connectivity index (χ0n) is 13.2. The third-order valence-electron chi connectivity index (χ3n) is 3.05. The van der Waals surface area contributed by atoms with Crippen LogP contribution in [0.25, 0.3) is 0 Å². The van der Waals surface area contributed by atoms with E-state index in [1.807, 2.05) is 45.0 Å². The molecule has 0 radical (unpaired) electrons. The lowest BCUT2D eigenvalue weighted by atomic mass is 10.2. The van der Waals surface area contributed by atoms with E-state index in [1.165, 1.54) is 4.90 Å². The standard InChI is InChI=1S/C16H24N2O3/c1-5-17-15(19)11-18(6-2)16(20)13(4)21-14-9-7-8-12(3)10-14/h7-10,13H,5-6,11H2,1-4H3,(H,17,19). The molecule has 1 N–H and O–H groups in total. The lowest BCUT2D eigenvalue weighted by Crippen LogP contribution is -2.45. The van der Waals surface area contributed by atoms with Gasteiger partial charge in [0.2, 0.25) is 5.91 Å². The average molecular weight is 292 g/mol. The van der Waals surface area contributed by atoms with Crippen LogP contribution in [-0.2, 0) is 9.59 Å². The first-order valence-electron chi connectivity index (χ1n) is 7.26. The Hall–Kier alpha value is -2.04. The van der Waals surface area contributed by atoms with Crippen LogP contribution in [0.3, 0.4) is 0 Å². The molecule has 116 valence electrons. The normalized spacial score (nSPS) is 11.6. The van der Waals surface area contributed by atoms with Gasteiger partial charge in [0, 0.05) is 13.1 Å². The van der Waals surface area contributed by atoms with Crippen LogP contribution in [0.1, 0.15) is 26.3 Å². The van der Waals surface area contributed by atoms with Crippen molar-refractivity contribution in [3.05, 3.63) is 29.8 Å². The number of rotatable bonds is 7. The van der Waals surface area contributed by atoms with Gasteiger partial charge in [-0.2, -0.15) is 0 Å². The van der Waals surface area contributed by atoms with E-state index in [9.17, 15) is 9.59 Å². The summed E-state index contributed by atoms with van der Waals surface area (Å²) in [5, 5.41) is 2.69. The molecule has 0 saturated heterocycles. The van der Waals surface area contributed by atoms with E-state index in [-0.39, 0.29) is 18.4 Å². The molecule has 1 unspecified atom stereocenters. The fraction of sp³-hybridized carbons (Fsp3) is 0.500. The summed E-state index contributed by atoms with van der Waals surface area (Å²) in [5.74, 6) is 0.311. The highest BCUT2D eigenvalue weighted by atomic mass is 16.5. The highest BCUT2D eigenvalue weighted by Gasteiger charge is 2.22. The summed E-state index contributed by atoms with van der Waals surface area (Å²) in [7, 11) is 0. The van der Waals surface area contributed by atoms with Crippen LogP contribution < -0.4 is 10.1 Å². The number of nitrogens with one attached hydrogen (secondary N) is 1. The summed E-state index contributed by atoms with van der Waals surface area (Å²) in [6.45, 7) is 8.44. The number of likely N-dealkylation sites (N-methyl/N-ethyl adjacent to an activating group) is 2. The van der Waals surface area contributed by atoms with E-state index in [2.05, 4.69) is 5.32 Å². The molecule has 0 heterocycles. The monoisotopic (exact) mass is 292 g/mol. The molecule has 1 aromatic rings. The Bertz CT molecular complexity index is 488. The van der Waals surface area contributed by atoms with Crippen molar-refractivity contribution in [2.75, 3.05) is 19.6 Å². The van der Waals surface area contributed by atoms with Crippen LogP contribution in [0, 0.1) is 6.92 Å². The Labute approximate surface area is 126 Å². The van der Waals surface area contributed by atoms with Gasteiger partial charge in [-0.25, -0.2) is 0 Å². The minimum atomic E-state index is -0.624. The van der Waals surface area contributed by atoms with Gasteiger partial charge in [0.25, 0.3) is 5.91 Å². The van der Waals surface area contributed by atoms with Gasteiger partial charge >= 0.3 is 0 Å². The molecule has 0 bridgehead atoms. The lowest BCUT2D eigenvalue weighted by Gasteiger charge is -2.24. The molecule has 0 aliphatic heterocycles. The molecule has 1 aromatic carbocycles. The number of ether oxygens (including phenoxy) is 1. The number of benzene rings is 1. The highest BCUT2D eigenvalue weighted by molar-refractivity contribution is 5.87. The first-order chi connectivity index (χ1) is 9.97. The predicted octanol–water partition coefficient (Wildman–Crippen LogP) is 1.75.